The fraction of sp³-hybridized carbons (Fsp3) is 0.588. The van der Waals surface area contributed by atoms with Crippen LogP contribution in [0.4, 0.5) is 5.69 Å². The molecule has 2 unspecified atom stereocenters. The Kier molecular flexibility index (Phi) is 3.66. The number of hydrogen-bond donors (Lipinski definition) is 1. The Morgan fingerprint density at radius 3 is 2.71 bits per heavy atom. The Bertz CT molecular complexity index is 541. The lowest BCUT2D eigenvalue weighted by Crippen LogP contribution is -2.49. The van der Waals surface area contributed by atoms with Crippen LogP contribution >= 0.6 is 0 Å². The van der Waals surface area contributed by atoms with Crippen molar-refractivity contribution >= 4 is 11.7 Å². The van der Waals surface area contributed by atoms with Gasteiger partial charge < -0.3 is 10.1 Å². The normalized spacial score (nSPS) is 29.4. The van der Waals surface area contributed by atoms with E-state index in [9.17, 15) is 4.79 Å². The van der Waals surface area contributed by atoms with Gasteiger partial charge in [-0.05, 0) is 44.7 Å². The summed E-state index contributed by atoms with van der Waals surface area (Å²) in [6, 6.07) is 9.17. The zero-order valence-corrected chi connectivity index (χ0v) is 13.1. The van der Waals surface area contributed by atoms with Gasteiger partial charge >= 0.3 is 5.97 Å². The molecule has 1 aliphatic carbocycles. The summed E-state index contributed by atoms with van der Waals surface area (Å²) in [5.41, 5.74) is 1.55. The van der Waals surface area contributed by atoms with Crippen LogP contribution in [0.3, 0.4) is 0 Å². The van der Waals surface area contributed by atoms with Crippen LogP contribution in [-0.4, -0.2) is 42.1 Å². The van der Waals surface area contributed by atoms with Gasteiger partial charge in [-0.1, -0.05) is 18.2 Å². The number of ether oxygens (including phenoxy) is 1. The SMILES string of the molecule is COC(=O)C1(Nc2ccccc2C)CC(C)N(C2CC2)C1. The summed E-state index contributed by atoms with van der Waals surface area (Å²) in [5.74, 6) is -0.152. The topological polar surface area (TPSA) is 41.6 Å². The molecule has 0 spiro atoms. The van der Waals surface area contributed by atoms with E-state index in [2.05, 4.69) is 30.1 Å². The van der Waals surface area contributed by atoms with Crippen LogP contribution in [0, 0.1) is 6.92 Å². The van der Waals surface area contributed by atoms with Gasteiger partial charge in [-0.2, -0.15) is 0 Å². The number of nitrogens with one attached hydrogen (secondary N) is 1. The van der Waals surface area contributed by atoms with Gasteiger partial charge in [0.25, 0.3) is 0 Å². The lowest BCUT2D eigenvalue weighted by atomic mass is 9.95. The van der Waals surface area contributed by atoms with E-state index in [1.54, 1.807) is 0 Å². The number of carbonyl (C=O) groups excluding carboxylic acids is 1. The van der Waals surface area contributed by atoms with Gasteiger partial charge in [-0.25, -0.2) is 4.79 Å². The molecule has 4 nitrogen and oxygen atoms in total. The van der Waals surface area contributed by atoms with Crippen LogP contribution in [0.2, 0.25) is 0 Å². The molecule has 2 fully saturated rings. The molecule has 1 aromatic rings. The van der Waals surface area contributed by atoms with Crippen LogP contribution in [0.15, 0.2) is 24.3 Å². The summed E-state index contributed by atoms with van der Waals surface area (Å²) in [5, 5.41) is 3.50. The molecule has 3 rings (SSSR count). The standard InChI is InChI=1S/C17H24N2O2/c1-12-6-4-5-7-15(12)18-17(16(20)21-3)10-13(2)19(11-17)14-8-9-14/h4-7,13-14,18H,8-11H2,1-3H3. The number of para-hydroxylation sites is 1. The van der Waals surface area contributed by atoms with E-state index in [1.165, 1.54) is 20.0 Å². The van der Waals surface area contributed by atoms with Gasteiger partial charge in [-0.15, -0.1) is 0 Å². The molecule has 0 aromatic heterocycles. The zero-order chi connectivity index (χ0) is 15.0. The number of carbonyl (C=O) groups is 1. The molecule has 1 aliphatic heterocycles. The van der Waals surface area contributed by atoms with Crippen molar-refractivity contribution in [2.45, 2.75) is 50.7 Å². The van der Waals surface area contributed by atoms with E-state index in [4.69, 9.17) is 4.74 Å². The summed E-state index contributed by atoms with van der Waals surface area (Å²) in [4.78, 5) is 14.9. The highest BCUT2D eigenvalue weighted by Gasteiger charge is 2.52. The van der Waals surface area contributed by atoms with Crippen molar-refractivity contribution in [2.24, 2.45) is 0 Å². The highest BCUT2D eigenvalue weighted by molar-refractivity contribution is 5.86. The number of benzene rings is 1. The van der Waals surface area contributed by atoms with Gasteiger partial charge in [0.05, 0.1) is 7.11 Å². The molecule has 4 heteroatoms. The molecule has 0 amide bonds. The first-order valence-electron chi connectivity index (χ1n) is 7.74. The maximum atomic E-state index is 12.5. The van der Waals surface area contributed by atoms with Crippen molar-refractivity contribution in [1.29, 1.82) is 0 Å². The molecule has 1 saturated carbocycles. The molecule has 0 radical (unpaired) electrons. The van der Waals surface area contributed by atoms with E-state index in [0.29, 0.717) is 12.1 Å². The molecule has 0 bridgehead atoms. The van der Waals surface area contributed by atoms with E-state index in [-0.39, 0.29) is 5.97 Å². The first kappa shape index (κ1) is 14.4. The van der Waals surface area contributed by atoms with Crippen LogP contribution in [0.5, 0.6) is 0 Å². The lowest BCUT2D eigenvalue weighted by Gasteiger charge is -2.29. The Balaban J connectivity index is 1.88. The molecule has 2 atom stereocenters. The van der Waals surface area contributed by atoms with E-state index in [1.807, 2.05) is 18.2 Å². The van der Waals surface area contributed by atoms with Gasteiger partial charge in [0.2, 0.25) is 0 Å². The molecule has 2 aliphatic rings. The second-order valence-electron chi connectivity index (χ2n) is 6.47. The average Bonchev–Trinajstić information content (AvgIpc) is 3.25. The number of methoxy groups -OCH3 is 1. The van der Waals surface area contributed by atoms with Gasteiger partial charge in [-0.3, -0.25) is 4.90 Å². The number of aryl methyl sites for hydroxylation is 1. The Morgan fingerprint density at radius 1 is 1.38 bits per heavy atom. The number of hydrogen-bond acceptors (Lipinski definition) is 4. The van der Waals surface area contributed by atoms with E-state index < -0.39 is 5.54 Å². The fourth-order valence-electron chi connectivity index (χ4n) is 3.50. The average molecular weight is 288 g/mol. The van der Waals surface area contributed by atoms with Crippen molar-refractivity contribution in [1.82, 2.24) is 4.90 Å². The third-order valence-electron chi connectivity index (χ3n) is 4.77. The molecule has 1 heterocycles. The summed E-state index contributed by atoms with van der Waals surface area (Å²) in [6.45, 7) is 5.01. The van der Waals surface area contributed by atoms with Crippen LogP contribution < -0.4 is 5.32 Å². The predicted octanol–water partition coefficient (Wildman–Crippen LogP) is 2.58. The van der Waals surface area contributed by atoms with E-state index >= 15 is 0 Å². The predicted molar refractivity (Wildman–Crippen MR) is 83.4 cm³/mol. The number of esters is 1. The second-order valence-corrected chi connectivity index (χ2v) is 6.47. The largest absolute Gasteiger partial charge is 0.467 e. The number of nitrogens with zero attached hydrogens (tertiary/aromatic N) is 1. The molecule has 1 saturated heterocycles. The van der Waals surface area contributed by atoms with Crippen molar-refractivity contribution < 1.29 is 9.53 Å². The first-order valence-corrected chi connectivity index (χ1v) is 7.74. The molecular formula is C17H24N2O2. The van der Waals surface area contributed by atoms with Crippen LogP contribution in [-0.2, 0) is 9.53 Å². The van der Waals surface area contributed by atoms with Crippen molar-refractivity contribution in [2.75, 3.05) is 19.0 Å². The summed E-state index contributed by atoms with van der Waals surface area (Å²) in [6.07, 6.45) is 3.31. The third-order valence-corrected chi connectivity index (χ3v) is 4.77. The molecule has 1 aromatic carbocycles. The van der Waals surface area contributed by atoms with Crippen molar-refractivity contribution in [3.8, 4) is 0 Å². The number of rotatable bonds is 4. The number of likely N-dealkylation sites (tertiary alicyclic amines) is 1. The number of anilines is 1. The Hall–Kier alpha value is -1.55. The summed E-state index contributed by atoms with van der Waals surface area (Å²) >= 11 is 0. The Morgan fingerprint density at radius 2 is 2.10 bits per heavy atom. The smallest absolute Gasteiger partial charge is 0.332 e. The molecule has 114 valence electrons. The molecular weight excluding hydrogens is 264 g/mol. The van der Waals surface area contributed by atoms with Crippen molar-refractivity contribution in [3.05, 3.63) is 29.8 Å². The minimum Gasteiger partial charge on any atom is -0.467 e. The minimum atomic E-state index is -0.622. The maximum Gasteiger partial charge on any atom is 0.332 e. The van der Waals surface area contributed by atoms with Gasteiger partial charge in [0, 0.05) is 24.3 Å². The van der Waals surface area contributed by atoms with Crippen molar-refractivity contribution in [3.63, 3.8) is 0 Å². The quantitative estimate of drug-likeness (QED) is 0.865. The van der Waals surface area contributed by atoms with Gasteiger partial charge in [0.1, 0.15) is 5.54 Å². The van der Waals surface area contributed by atoms with Gasteiger partial charge in [0.15, 0.2) is 0 Å². The van der Waals surface area contributed by atoms with Crippen LogP contribution in [0.25, 0.3) is 0 Å². The maximum absolute atomic E-state index is 12.5. The fourth-order valence-corrected chi connectivity index (χ4v) is 3.50. The first-order chi connectivity index (χ1) is 10.1. The van der Waals surface area contributed by atoms with Crippen LogP contribution in [0.1, 0.15) is 31.7 Å². The second kappa shape index (κ2) is 5.34. The van der Waals surface area contributed by atoms with E-state index in [0.717, 1.165) is 24.2 Å². The third kappa shape index (κ3) is 2.64. The Labute approximate surface area is 126 Å². The highest BCUT2D eigenvalue weighted by Crippen LogP contribution is 2.39. The summed E-state index contributed by atoms with van der Waals surface area (Å²) < 4.78 is 5.12. The highest BCUT2D eigenvalue weighted by atomic mass is 16.5. The monoisotopic (exact) mass is 288 g/mol. The zero-order valence-electron chi connectivity index (χ0n) is 13.1. The molecule has 21 heavy (non-hydrogen) atoms. The summed E-state index contributed by atoms with van der Waals surface area (Å²) in [7, 11) is 1.48. The lowest BCUT2D eigenvalue weighted by molar-refractivity contribution is -0.145. The minimum absolute atomic E-state index is 0.152. The molecule has 1 N–H and O–H groups in total.